The van der Waals surface area contributed by atoms with E-state index in [1.165, 1.54) is 18.5 Å². The molecule has 30 heavy (non-hydrogen) atoms. The molecule has 2 aliphatic rings. The zero-order valence-corrected chi connectivity index (χ0v) is 17.6. The molecule has 1 aromatic rings. The molecule has 8 nitrogen and oxygen atoms in total. The van der Waals surface area contributed by atoms with Gasteiger partial charge in [-0.1, -0.05) is 31.0 Å². The van der Waals surface area contributed by atoms with Crippen molar-refractivity contribution < 1.29 is 14.4 Å². The number of hydrogen-bond donors (Lipinski definition) is 3. The van der Waals surface area contributed by atoms with Crippen molar-refractivity contribution in [3.8, 4) is 0 Å². The smallest absolute Gasteiger partial charge is 0.315 e. The van der Waals surface area contributed by atoms with Gasteiger partial charge >= 0.3 is 6.03 Å². The van der Waals surface area contributed by atoms with Gasteiger partial charge < -0.3 is 25.8 Å². The van der Waals surface area contributed by atoms with Crippen LogP contribution in [0.1, 0.15) is 32.1 Å². The predicted molar refractivity (Wildman–Crippen MR) is 116 cm³/mol. The molecule has 8 heteroatoms. The Kier molecular flexibility index (Phi) is 8.35. The SMILES string of the molecule is O=C(CNC(=O)NCC1CCCC1)NCCC(=O)N1CCN(c2ccccc2)CC1. The second-order valence-electron chi connectivity index (χ2n) is 8.02. The first-order valence-corrected chi connectivity index (χ1v) is 11.0. The van der Waals surface area contributed by atoms with E-state index in [-0.39, 0.29) is 37.4 Å². The lowest BCUT2D eigenvalue weighted by molar-refractivity contribution is -0.131. The largest absolute Gasteiger partial charge is 0.368 e. The standard InChI is InChI=1S/C22H33N5O3/c28-20(17-25-22(30)24-16-18-6-4-5-7-18)23-11-10-21(29)27-14-12-26(13-15-27)19-8-2-1-3-9-19/h1-3,8-9,18H,4-7,10-17H2,(H,23,28)(H2,24,25,30). The summed E-state index contributed by atoms with van der Waals surface area (Å²) in [5.74, 6) is 0.322. The van der Waals surface area contributed by atoms with Crippen molar-refractivity contribution in [2.45, 2.75) is 32.1 Å². The molecule has 1 aromatic carbocycles. The summed E-state index contributed by atoms with van der Waals surface area (Å²) >= 11 is 0. The first kappa shape index (κ1) is 21.9. The van der Waals surface area contributed by atoms with Gasteiger partial charge in [0, 0.05) is 51.4 Å². The van der Waals surface area contributed by atoms with Crippen LogP contribution in [-0.2, 0) is 9.59 Å². The van der Waals surface area contributed by atoms with Crippen LogP contribution in [0.2, 0.25) is 0 Å². The van der Waals surface area contributed by atoms with E-state index in [0.29, 0.717) is 25.6 Å². The number of rotatable bonds is 8. The van der Waals surface area contributed by atoms with Gasteiger partial charge in [0.25, 0.3) is 0 Å². The van der Waals surface area contributed by atoms with E-state index in [9.17, 15) is 14.4 Å². The average Bonchev–Trinajstić information content (AvgIpc) is 3.30. The number of nitrogens with one attached hydrogen (secondary N) is 3. The second kappa shape index (κ2) is 11.4. The highest BCUT2D eigenvalue weighted by Gasteiger charge is 2.21. The Morgan fingerprint density at radius 2 is 1.60 bits per heavy atom. The summed E-state index contributed by atoms with van der Waals surface area (Å²) in [6, 6.07) is 9.87. The maximum Gasteiger partial charge on any atom is 0.315 e. The number of urea groups is 1. The third-order valence-electron chi connectivity index (χ3n) is 5.85. The molecule has 164 valence electrons. The van der Waals surface area contributed by atoms with E-state index in [4.69, 9.17) is 0 Å². The van der Waals surface area contributed by atoms with Gasteiger partial charge in [-0.25, -0.2) is 4.79 Å². The number of hydrogen-bond acceptors (Lipinski definition) is 4. The van der Waals surface area contributed by atoms with Gasteiger partial charge in [-0.15, -0.1) is 0 Å². The molecular formula is C22H33N5O3. The van der Waals surface area contributed by atoms with E-state index >= 15 is 0 Å². The molecule has 3 N–H and O–H groups in total. The minimum Gasteiger partial charge on any atom is -0.368 e. The lowest BCUT2D eigenvalue weighted by atomic mass is 10.1. The summed E-state index contributed by atoms with van der Waals surface area (Å²) < 4.78 is 0. The van der Waals surface area contributed by atoms with Crippen LogP contribution in [0.15, 0.2) is 30.3 Å². The van der Waals surface area contributed by atoms with Crippen molar-refractivity contribution in [3.05, 3.63) is 30.3 Å². The summed E-state index contributed by atoms with van der Waals surface area (Å²) in [4.78, 5) is 40.1. The average molecular weight is 416 g/mol. The van der Waals surface area contributed by atoms with Gasteiger partial charge in [0.1, 0.15) is 0 Å². The zero-order valence-electron chi connectivity index (χ0n) is 17.6. The number of anilines is 1. The van der Waals surface area contributed by atoms with E-state index in [1.54, 1.807) is 0 Å². The highest BCUT2D eigenvalue weighted by molar-refractivity contribution is 5.84. The van der Waals surface area contributed by atoms with Gasteiger partial charge in [0.15, 0.2) is 0 Å². The first-order chi connectivity index (χ1) is 14.6. The molecule has 0 unspecified atom stereocenters. The van der Waals surface area contributed by atoms with Crippen molar-refractivity contribution in [1.82, 2.24) is 20.9 Å². The minimum absolute atomic E-state index is 0.0466. The third kappa shape index (κ3) is 6.93. The Balaban J connectivity index is 1.24. The number of amides is 4. The van der Waals surface area contributed by atoms with Crippen LogP contribution in [0, 0.1) is 5.92 Å². The van der Waals surface area contributed by atoms with Crippen LogP contribution in [0.3, 0.4) is 0 Å². The van der Waals surface area contributed by atoms with Gasteiger partial charge in [0.2, 0.25) is 11.8 Å². The lowest BCUT2D eigenvalue weighted by Crippen LogP contribution is -2.49. The first-order valence-electron chi connectivity index (χ1n) is 11.0. The molecule has 0 spiro atoms. The molecule has 0 aromatic heterocycles. The lowest BCUT2D eigenvalue weighted by Gasteiger charge is -2.36. The molecule has 1 aliphatic carbocycles. The van der Waals surface area contributed by atoms with Gasteiger partial charge in [0.05, 0.1) is 6.54 Å². The summed E-state index contributed by atoms with van der Waals surface area (Å²) in [7, 11) is 0. The number of benzene rings is 1. The topological polar surface area (TPSA) is 93.8 Å². The minimum atomic E-state index is -0.315. The Labute approximate surface area is 178 Å². The van der Waals surface area contributed by atoms with Crippen molar-refractivity contribution >= 4 is 23.5 Å². The van der Waals surface area contributed by atoms with Crippen LogP contribution in [0.4, 0.5) is 10.5 Å². The van der Waals surface area contributed by atoms with Gasteiger partial charge in [-0.2, -0.15) is 0 Å². The number of carbonyl (C=O) groups excluding carboxylic acids is 3. The van der Waals surface area contributed by atoms with Crippen molar-refractivity contribution in [2.75, 3.05) is 50.7 Å². The van der Waals surface area contributed by atoms with E-state index in [2.05, 4.69) is 33.0 Å². The Hall–Kier alpha value is -2.77. The summed E-state index contributed by atoms with van der Waals surface area (Å²) in [6.07, 6.45) is 5.06. The molecule has 2 fully saturated rings. The highest BCUT2D eigenvalue weighted by Crippen LogP contribution is 2.23. The zero-order chi connectivity index (χ0) is 21.2. The van der Waals surface area contributed by atoms with Crippen LogP contribution in [-0.4, -0.2) is 68.6 Å². The maximum absolute atomic E-state index is 12.4. The Morgan fingerprint density at radius 1 is 0.900 bits per heavy atom. The molecule has 3 rings (SSSR count). The Morgan fingerprint density at radius 3 is 2.30 bits per heavy atom. The molecule has 0 bridgehead atoms. The van der Waals surface area contributed by atoms with Crippen LogP contribution in [0.5, 0.6) is 0 Å². The van der Waals surface area contributed by atoms with Gasteiger partial charge in [-0.05, 0) is 30.9 Å². The number of piperazine rings is 1. The fourth-order valence-electron chi connectivity index (χ4n) is 4.06. The summed E-state index contributed by atoms with van der Waals surface area (Å²) in [5, 5.41) is 8.08. The van der Waals surface area contributed by atoms with E-state index < -0.39 is 0 Å². The third-order valence-corrected chi connectivity index (χ3v) is 5.85. The molecule has 1 aliphatic heterocycles. The van der Waals surface area contributed by atoms with Gasteiger partial charge in [-0.3, -0.25) is 9.59 Å². The number of nitrogens with zero attached hydrogens (tertiary/aromatic N) is 2. The predicted octanol–water partition coefficient (Wildman–Crippen LogP) is 1.33. The molecule has 1 saturated carbocycles. The monoisotopic (exact) mass is 415 g/mol. The molecule has 0 radical (unpaired) electrons. The summed E-state index contributed by atoms with van der Waals surface area (Å²) in [5.41, 5.74) is 1.18. The highest BCUT2D eigenvalue weighted by atomic mass is 16.2. The van der Waals surface area contributed by atoms with E-state index in [0.717, 1.165) is 25.9 Å². The Bertz CT molecular complexity index is 698. The van der Waals surface area contributed by atoms with Crippen LogP contribution in [0.25, 0.3) is 0 Å². The van der Waals surface area contributed by atoms with Crippen molar-refractivity contribution in [3.63, 3.8) is 0 Å². The number of para-hydroxylation sites is 1. The summed E-state index contributed by atoms with van der Waals surface area (Å²) in [6.45, 7) is 3.85. The number of carbonyl (C=O) groups is 3. The second-order valence-corrected chi connectivity index (χ2v) is 8.02. The fourth-order valence-corrected chi connectivity index (χ4v) is 4.06. The molecule has 0 atom stereocenters. The molecule has 4 amide bonds. The van der Waals surface area contributed by atoms with Crippen LogP contribution < -0.4 is 20.9 Å². The fraction of sp³-hybridized carbons (Fsp3) is 0.591. The molecule has 1 saturated heterocycles. The van der Waals surface area contributed by atoms with Crippen molar-refractivity contribution in [1.29, 1.82) is 0 Å². The quantitative estimate of drug-likeness (QED) is 0.597. The normalized spacial score (nSPS) is 16.9. The van der Waals surface area contributed by atoms with E-state index in [1.807, 2.05) is 23.1 Å². The van der Waals surface area contributed by atoms with Crippen molar-refractivity contribution in [2.24, 2.45) is 5.92 Å². The molecular weight excluding hydrogens is 382 g/mol. The molecule has 1 heterocycles. The maximum atomic E-state index is 12.4. The van der Waals surface area contributed by atoms with Crippen LogP contribution >= 0.6 is 0 Å².